The third-order valence-corrected chi connectivity index (χ3v) is 2.75. The van der Waals surface area contributed by atoms with Crippen LogP contribution in [-0.2, 0) is 6.61 Å². The average Bonchev–Trinajstić information content (AvgIpc) is 2.31. The van der Waals surface area contributed by atoms with Crippen molar-refractivity contribution < 1.29 is 9.13 Å². The molecule has 0 bridgehead atoms. The van der Waals surface area contributed by atoms with Gasteiger partial charge in [-0.25, -0.2) is 9.37 Å². The highest BCUT2D eigenvalue weighted by Crippen LogP contribution is 2.21. The fourth-order valence-corrected chi connectivity index (χ4v) is 1.55. The van der Waals surface area contributed by atoms with Crippen LogP contribution < -0.4 is 10.5 Å². The molecule has 2 N–H and O–H groups in total. The fourth-order valence-electron chi connectivity index (χ4n) is 1.30. The van der Waals surface area contributed by atoms with Crippen LogP contribution in [0.3, 0.4) is 0 Å². The SMILES string of the molecule is Nc1cccc(COc2ccc(Br)c(F)c2)n1. The van der Waals surface area contributed by atoms with E-state index in [1.807, 2.05) is 0 Å². The minimum absolute atomic E-state index is 0.256. The second-order valence-electron chi connectivity index (χ2n) is 3.42. The van der Waals surface area contributed by atoms with Gasteiger partial charge in [0.2, 0.25) is 0 Å². The molecule has 1 aromatic carbocycles. The first-order valence-corrected chi connectivity index (χ1v) is 5.74. The number of nitrogen functional groups attached to an aromatic ring is 1. The Kier molecular flexibility index (Phi) is 3.58. The van der Waals surface area contributed by atoms with Gasteiger partial charge in [0.05, 0.1) is 10.2 Å². The third-order valence-electron chi connectivity index (χ3n) is 2.11. The summed E-state index contributed by atoms with van der Waals surface area (Å²) in [4.78, 5) is 4.08. The molecule has 88 valence electrons. The third kappa shape index (κ3) is 3.17. The molecule has 17 heavy (non-hydrogen) atoms. The maximum atomic E-state index is 13.2. The van der Waals surface area contributed by atoms with Crippen LogP contribution in [-0.4, -0.2) is 4.98 Å². The van der Waals surface area contributed by atoms with Crippen molar-refractivity contribution in [3.63, 3.8) is 0 Å². The molecule has 0 fully saturated rings. The lowest BCUT2D eigenvalue weighted by atomic mass is 10.3. The van der Waals surface area contributed by atoms with Crippen LogP contribution in [0.5, 0.6) is 5.75 Å². The summed E-state index contributed by atoms with van der Waals surface area (Å²) in [5.74, 6) is 0.533. The van der Waals surface area contributed by atoms with Gasteiger partial charge in [0, 0.05) is 6.07 Å². The Bertz CT molecular complexity index is 534. The second-order valence-corrected chi connectivity index (χ2v) is 4.27. The Hall–Kier alpha value is -1.62. The Morgan fingerprint density at radius 1 is 1.29 bits per heavy atom. The van der Waals surface area contributed by atoms with Crippen molar-refractivity contribution >= 4 is 21.7 Å². The number of nitrogens with zero attached hydrogens (tertiary/aromatic N) is 1. The van der Waals surface area contributed by atoms with E-state index in [9.17, 15) is 4.39 Å². The predicted octanol–water partition coefficient (Wildman–Crippen LogP) is 3.14. The molecular weight excluding hydrogens is 287 g/mol. The summed E-state index contributed by atoms with van der Waals surface area (Å²) in [7, 11) is 0. The standard InChI is InChI=1S/C12H10BrFN2O/c13-10-5-4-9(6-11(10)14)17-7-8-2-1-3-12(15)16-8/h1-6H,7H2,(H2,15,16). The molecule has 0 aliphatic heterocycles. The van der Waals surface area contributed by atoms with Gasteiger partial charge in [-0.2, -0.15) is 0 Å². The molecule has 2 rings (SSSR count). The zero-order valence-electron chi connectivity index (χ0n) is 8.86. The minimum atomic E-state index is -0.358. The maximum absolute atomic E-state index is 13.2. The lowest BCUT2D eigenvalue weighted by Crippen LogP contribution is -2.00. The Morgan fingerprint density at radius 2 is 2.12 bits per heavy atom. The molecule has 1 heterocycles. The summed E-state index contributed by atoms with van der Waals surface area (Å²) < 4.78 is 19.0. The molecule has 5 heteroatoms. The Morgan fingerprint density at radius 3 is 2.82 bits per heavy atom. The van der Waals surface area contributed by atoms with Crippen LogP contribution in [0, 0.1) is 5.82 Å². The zero-order chi connectivity index (χ0) is 12.3. The summed E-state index contributed by atoms with van der Waals surface area (Å²) in [6, 6.07) is 9.88. The van der Waals surface area contributed by atoms with Gasteiger partial charge in [0.25, 0.3) is 0 Å². The molecule has 3 nitrogen and oxygen atoms in total. The van der Waals surface area contributed by atoms with Crippen molar-refractivity contribution in [1.82, 2.24) is 4.98 Å². The van der Waals surface area contributed by atoms with Gasteiger partial charge in [0.1, 0.15) is 24.0 Å². The van der Waals surface area contributed by atoms with E-state index < -0.39 is 0 Å². The van der Waals surface area contributed by atoms with Crippen LogP contribution in [0.1, 0.15) is 5.69 Å². The maximum Gasteiger partial charge on any atom is 0.141 e. The van der Waals surface area contributed by atoms with Crippen molar-refractivity contribution in [3.05, 3.63) is 52.4 Å². The number of aromatic nitrogens is 1. The van der Waals surface area contributed by atoms with Gasteiger partial charge in [-0.15, -0.1) is 0 Å². The molecule has 0 unspecified atom stereocenters. The van der Waals surface area contributed by atoms with Gasteiger partial charge in [-0.1, -0.05) is 6.07 Å². The number of benzene rings is 1. The van der Waals surface area contributed by atoms with Crippen LogP contribution in [0.4, 0.5) is 10.2 Å². The van der Waals surface area contributed by atoms with E-state index in [0.29, 0.717) is 21.7 Å². The summed E-state index contributed by atoms with van der Waals surface area (Å²) in [6.45, 7) is 0.256. The van der Waals surface area contributed by atoms with Gasteiger partial charge in [-0.05, 0) is 40.2 Å². The molecule has 0 radical (unpaired) electrons. The number of anilines is 1. The number of hydrogen-bond donors (Lipinski definition) is 1. The van der Waals surface area contributed by atoms with Crippen LogP contribution in [0.25, 0.3) is 0 Å². The van der Waals surface area contributed by atoms with E-state index in [-0.39, 0.29) is 12.4 Å². The molecule has 1 aromatic heterocycles. The number of hydrogen-bond acceptors (Lipinski definition) is 3. The zero-order valence-corrected chi connectivity index (χ0v) is 10.4. The molecule has 2 aromatic rings. The minimum Gasteiger partial charge on any atom is -0.487 e. The van der Waals surface area contributed by atoms with E-state index in [2.05, 4.69) is 20.9 Å². The number of ether oxygens (including phenoxy) is 1. The molecular formula is C12H10BrFN2O. The fraction of sp³-hybridized carbons (Fsp3) is 0.0833. The highest BCUT2D eigenvalue weighted by Gasteiger charge is 2.02. The first-order valence-electron chi connectivity index (χ1n) is 4.94. The topological polar surface area (TPSA) is 48.1 Å². The highest BCUT2D eigenvalue weighted by molar-refractivity contribution is 9.10. The number of nitrogens with two attached hydrogens (primary N) is 1. The van der Waals surface area contributed by atoms with E-state index in [1.165, 1.54) is 6.07 Å². The van der Waals surface area contributed by atoms with Gasteiger partial charge >= 0.3 is 0 Å². The molecule has 0 saturated carbocycles. The van der Waals surface area contributed by atoms with E-state index >= 15 is 0 Å². The summed E-state index contributed by atoms with van der Waals surface area (Å²) in [5, 5.41) is 0. The molecule has 0 aliphatic rings. The molecule has 0 atom stereocenters. The second kappa shape index (κ2) is 5.14. The van der Waals surface area contributed by atoms with Crippen LogP contribution in [0.15, 0.2) is 40.9 Å². The van der Waals surface area contributed by atoms with Crippen molar-refractivity contribution in [2.45, 2.75) is 6.61 Å². The van der Waals surface area contributed by atoms with Gasteiger partial charge in [-0.3, -0.25) is 0 Å². The first-order chi connectivity index (χ1) is 8.15. The summed E-state index contributed by atoms with van der Waals surface area (Å²) in [5.41, 5.74) is 6.24. The number of rotatable bonds is 3. The monoisotopic (exact) mass is 296 g/mol. The van der Waals surface area contributed by atoms with E-state index in [4.69, 9.17) is 10.5 Å². The quantitative estimate of drug-likeness (QED) is 0.946. The smallest absolute Gasteiger partial charge is 0.141 e. The molecule has 0 spiro atoms. The van der Waals surface area contributed by atoms with Crippen molar-refractivity contribution in [3.8, 4) is 5.75 Å². The number of pyridine rings is 1. The van der Waals surface area contributed by atoms with Crippen molar-refractivity contribution in [1.29, 1.82) is 0 Å². The van der Waals surface area contributed by atoms with Crippen LogP contribution in [0.2, 0.25) is 0 Å². The normalized spacial score (nSPS) is 10.2. The van der Waals surface area contributed by atoms with E-state index in [1.54, 1.807) is 30.3 Å². The first kappa shape index (κ1) is 11.9. The van der Waals surface area contributed by atoms with Crippen molar-refractivity contribution in [2.24, 2.45) is 0 Å². The average molecular weight is 297 g/mol. The van der Waals surface area contributed by atoms with Crippen LogP contribution >= 0.6 is 15.9 Å². The van der Waals surface area contributed by atoms with Crippen molar-refractivity contribution in [2.75, 3.05) is 5.73 Å². The van der Waals surface area contributed by atoms with Gasteiger partial charge in [0.15, 0.2) is 0 Å². The summed E-state index contributed by atoms with van der Waals surface area (Å²) in [6.07, 6.45) is 0. The Balaban J connectivity index is 2.05. The van der Waals surface area contributed by atoms with E-state index in [0.717, 1.165) is 0 Å². The summed E-state index contributed by atoms with van der Waals surface area (Å²) >= 11 is 3.08. The molecule has 0 amide bonds. The lowest BCUT2D eigenvalue weighted by Gasteiger charge is -2.06. The predicted molar refractivity (Wildman–Crippen MR) is 67.1 cm³/mol. The largest absolute Gasteiger partial charge is 0.487 e. The Labute approximate surface area is 107 Å². The highest BCUT2D eigenvalue weighted by atomic mass is 79.9. The molecule has 0 aliphatic carbocycles. The number of halogens is 2. The lowest BCUT2D eigenvalue weighted by molar-refractivity contribution is 0.300. The molecule has 0 saturated heterocycles. The van der Waals surface area contributed by atoms with Gasteiger partial charge < -0.3 is 10.5 Å².